The van der Waals surface area contributed by atoms with E-state index in [-0.39, 0.29) is 0 Å². The molecule has 1 fully saturated rings. The second-order valence-electron chi connectivity index (χ2n) is 7.42. The highest BCUT2D eigenvalue weighted by Crippen LogP contribution is 2.29. The first-order chi connectivity index (χ1) is 12.6. The number of likely N-dealkylation sites (tertiary alicyclic amines) is 1. The minimum absolute atomic E-state index is 0.351. The van der Waals surface area contributed by atoms with Crippen molar-refractivity contribution in [2.24, 2.45) is 12.8 Å². The standard InChI is InChI=1S/C19H26N6O/c1-24-10-14(18(23-24)19(20)26)11-25-9-7-15(12-25)22-16-6-2-4-13-5-3-8-21-17(13)16/h3,5,8,10,15-16,22H,2,4,6-7,9,11-12H2,1H3,(H2,20,26). The van der Waals surface area contributed by atoms with Crippen LogP contribution in [-0.2, 0) is 20.0 Å². The topological polar surface area (TPSA) is 89.1 Å². The fourth-order valence-corrected chi connectivity index (χ4v) is 4.27. The summed E-state index contributed by atoms with van der Waals surface area (Å²) in [7, 11) is 1.82. The Bertz CT molecular complexity index is 801. The molecule has 1 saturated heterocycles. The molecule has 1 aliphatic carbocycles. The number of nitrogens with zero attached hydrogens (tertiary/aromatic N) is 4. The molecule has 0 saturated carbocycles. The van der Waals surface area contributed by atoms with E-state index in [9.17, 15) is 4.79 Å². The molecule has 1 amide bonds. The maximum absolute atomic E-state index is 11.6. The fraction of sp³-hybridized carbons (Fsp3) is 0.526. The first-order valence-electron chi connectivity index (χ1n) is 9.34. The highest BCUT2D eigenvalue weighted by molar-refractivity contribution is 5.92. The number of hydrogen-bond donors (Lipinski definition) is 2. The van der Waals surface area contributed by atoms with Crippen LogP contribution in [0, 0.1) is 0 Å². The van der Waals surface area contributed by atoms with Crippen LogP contribution in [0.5, 0.6) is 0 Å². The molecule has 1 aliphatic heterocycles. The third kappa shape index (κ3) is 3.50. The number of nitrogens with one attached hydrogen (secondary N) is 1. The summed E-state index contributed by atoms with van der Waals surface area (Å²) in [6.45, 7) is 2.68. The van der Waals surface area contributed by atoms with Gasteiger partial charge in [0.25, 0.3) is 5.91 Å². The average Bonchev–Trinajstić information content (AvgIpc) is 3.22. The van der Waals surface area contributed by atoms with Gasteiger partial charge in [-0.25, -0.2) is 0 Å². The number of rotatable bonds is 5. The lowest BCUT2D eigenvalue weighted by Gasteiger charge is -2.28. The number of aromatic nitrogens is 3. The van der Waals surface area contributed by atoms with Gasteiger partial charge in [-0.3, -0.25) is 19.4 Å². The molecule has 3 heterocycles. The molecular weight excluding hydrogens is 328 g/mol. The first-order valence-corrected chi connectivity index (χ1v) is 9.34. The number of hydrogen-bond acceptors (Lipinski definition) is 5. The number of amides is 1. The number of aryl methyl sites for hydroxylation is 2. The Balaban J connectivity index is 1.39. The minimum atomic E-state index is -0.459. The maximum Gasteiger partial charge on any atom is 0.269 e. The van der Waals surface area contributed by atoms with Crippen molar-refractivity contribution < 1.29 is 4.79 Å². The van der Waals surface area contributed by atoms with Gasteiger partial charge in [-0.1, -0.05) is 6.07 Å². The molecule has 7 heteroatoms. The summed E-state index contributed by atoms with van der Waals surface area (Å²) < 4.78 is 1.66. The Hall–Kier alpha value is -2.25. The Kier molecular flexibility index (Phi) is 4.74. The van der Waals surface area contributed by atoms with Crippen LogP contribution < -0.4 is 11.1 Å². The van der Waals surface area contributed by atoms with E-state index in [0.717, 1.165) is 37.9 Å². The van der Waals surface area contributed by atoms with Gasteiger partial charge in [0.15, 0.2) is 5.69 Å². The van der Waals surface area contributed by atoms with E-state index in [2.05, 4.69) is 26.4 Å². The molecule has 2 aromatic rings. The zero-order valence-corrected chi connectivity index (χ0v) is 15.2. The average molecular weight is 354 g/mol. The molecule has 2 aromatic heterocycles. The summed E-state index contributed by atoms with van der Waals surface area (Å²) in [5.41, 5.74) is 9.34. The van der Waals surface area contributed by atoms with Crippen LogP contribution in [0.4, 0.5) is 0 Å². The van der Waals surface area contributed by atoms with E-state index < -0.39 is 5.91 Å². The van der Waals surface area contributed by atoms with Crippen molar-refractivity contribution in [2.45, 2.75) is 44.3 Å². The van der Waals surface area contributed by atoms with Crippen LogP contribution in [0.3, 0.4) is 0 Å². The van der Waals surface area contributed by atoms with Crippen molar-refractivity contribution in [3.63, 3.8) is 0 Å². The van der Waals surface area contributed by atoms with Gasteiger partial charge in [-0.2, -0.15) is 5.10 Å². The van der Waals surface area contributed by atoms with Crippen molar-refractivity contribution in [2.75, 3.05) is 13.1 Å². The summed E-state index contributed by atoms with van der Waals surface area (Å²) in [4.78, 5) is 18.6. The van der Waals surface area contributed by atoms with Gasteiger partial charge in [-0.15, -0.1) is 0 Å². The summed E-state index contributed by atoms with van der Waals surface area (Å²) in [6.07, 6.45) is 8.38. The summed E-state index contributed by atoms with van der Waals surface area (Å²) in [5.74, 6) is -0.459. The quantitative estimate of drug-likeness (QED) is 0.841. The molecule has 2 unspecified atom stereocenters. The Morgan fingerprint density at radius 2 is 2.31 bits per heavy atom. The summed E-state index contributed by atoms with van der Waals surface area (Å²) >= 11 is 0. The maximum atomic E-state index is 11.6. The molecule has 0 aromatic carbocycles. The van der Waals surface area contributed by atoms with Crippen molar-refractivity contribution in [3.8, 4) is 0 Å². The highest BCUT2D eigenvalue weighted by Gasteiger charge is 2.29. The Morgan fingerprint density at radius 1 is 1.42 bits per heavy atom. The van der Waals surface area contributed by atoms with Gasteiger partial charge < -0.3 is 11.1 Å². The van der Waals surface area contributed by atoms with Crippen LogP contribution in [0.15, 0.2) is 24.5 Å². The van der Waals surface area contributed by atoms with Crippen LogP contribution >= 0.6 is 0 Å². The number of nitrogens with two attached hydrogens (primary N) is 1. The molecule has 0 bridgehead atoms. The van der Waals surface area contributed by atoms with Crippen LogP contribution in [0.2, 0.25) is 0 Å². The third-order valence-electron chi connectivity index (χ3n) is 5.44. The Morgan fingerprint density at radius 3 is 3.15 bits per heavy atom. The lowest BCUT2D eigenvalue weighted by atomic mass is 9.91. The monoisotopic (exact) mass is 354 g/mol. The number of fused-ring (bicyclic) bond motifs is 1. The van der Waals surface area contributed by atoms with Crippen molar-refractivity contribution >= 4 is 5.91 Å². The van der Waals surface area contributed by atoms with Gasteiger partial charge in [0.05, 0.1) is 11.7 Å². The predicted molar refractivity (Wildman–Crippen MR) is 98.5 cm³/mol. The van der Waals surface area contributed by atoms with Gasteiger partial charge in [0, 0.05) is 50.7 Å². The second-order valence-corrected chi connectivity index (χ2v) is 7.42. The normalized spacial score (nSPS) is 23.1. The fourth-order valence-electron chi connectivity index (χ4n) is 4.27. The third-order valence-corrected chi connectivity index (χ3v) is 5.44. The van der Waals surface area contributed by atoms with Gasteiger partial charge in [-0.05, 0) is 37.3 Å². The van der Waals surface area contributed by atoms with Crippen LogP contribution in [0.25, 0.3) is 0 Å². The number of carbonyl (C=O) groups excluding carboxylic acids is 1. The van der Waals surface area contributed by atoms with Crippen molar-refractivity contribution in [1.29, 1.82) is 0 Å². The lowest BCUT2D eigenvalue weighted by molar-refractivity contribution is 0.0993. The van der Waals surface area contributed by atoms with Crippen molar-refractivity contribution in [3.05, 3.63) is 47.0 Å². The smallest absolute Gasteiger partial charge is 0.269 e. The zero-order chi connectivity index (χ0) is 18.1. The van der Waals surface area contributed by atoms with E-state index >= 15 is 0 Å². The van der Waals surface area contributed by atoms with Crippen molar-refractivity contribution in [1.82, 2.24) is 25.0 Å². The first kappa shape index (κ1) is 17.2. The molecule has 3 N–H and O–H groups in total. The van der Waals surface area contributed by atoms with E-state index in [1.807, 2.05) is 25.5 Å². The van der Waals surface area contributed by atoms with Crippen LogP contribution in [-0.4, -0.2) is 44.7 Å². The van der Waals surface area contributed by atoms with Crippen LogP contribution in [0.1, 0.15) is 52.6 Å². The van der Waals surface area contributed by atoms with Gasteiger partial charge >= 0.3 is 0 Å². The molecule has 7 nitrogen and oxygen atoms in total. The molecule has 138 valence electrons. The molecule has 0 spiro atoms. The van der Waals surface area contributed by atoms with Gasteiger partial charge in [0.1, 0.15) is 0 Å². The molecule has 0 radical (unpaired) electrons. The second kappa shape index (κ2) is 7.17. The number of carbonyl (C=O) groups is 1. The van der Waals surface area contributed by atoms with E-state index in [4.69, 9.17) is 5.73 Å². The molecule has 4 rings (SSSR count). The number of primary amides is 1. The molecule has 2 atom stereocenters. The molecular formula is C19H26N6O. The SMILES string of the molecule is Cn1cc(CN2CCC(NC3CCCc4cccnc43)C2)c(C(N)=O)n1. The zero-order valence-electron chi connectivity index (χ0n) is 15.2. The van der Waals surface area contributed by atoms with E-state index in [0.29, 0.717) is 24.3 Å². The summed E-state index contributed by atoms with van der Waals surface area (Å²) in [5, 5.41) is 8.00. The van der Waals surface area contributed by atoms with E-state index in [1.54, 1.807) is 4.68 Å². The number of pyridine rings is 1. The molecule has 2 aliphatic rings. The molecule has 26 heavy (non-hydrogen) atoms. The Labute approximate surface area is 153 Å². The minimum Gasteiger partial charge on any atom is -0.364 e. The predicted octanol–water partition coefficient (Wildman–Crippen LogP) is 1.16. The summed E-state index contributed by atoms with van der Waals surface area (Å²) in [6, 6.07) is 5.03. The highest BCUT2D eigenvalue weighted by atomic mass is 16.1. The van der Waals surface area contributed by atoms with E-state index in [1.165, 1.54) is 17.7 Å². The largest absolute Gasteiger partial charge is 0.364 e. The lowest BCUT2D eigenvalue weighted by Crippen LogP contribution is -2.37. The van der Waals surface area contributed by atoms with Gasteiger partial charge in [0.2, 0.25) is 0 Å².